The fourth-order valence-corrected chi connectivity index (χ4v) is 6.58. The van der Waals surface area contributed by atoms with Gasteiger partial charge < -0.3 is 24.8 Å². The number of halogens is 3. The van der Waals surface area contributed by atoms with Gasteiger partial charge in [-0.1, -0.05) is 97.1 Å². The van der Waals surface area contributed by atoms with Crippen molar-refractivity contribution in [3.8, 4) is 0 Å². The predicted molar refractivity (Wildman–Crippen MR) is 181 cm³/mol. The van der Waals surface area contributed by atoms with E-state index in [2.05, 4.69) is 34.5 Å². The first-order valence-corrected chi connectivity index (χ1v) is 16.8. The van der Waals surface area contributed by atoms with Gasteiger partial charge in [-0.05, 0) is 47.2 Å². The second kappa shape index (κ2) is 16.0. The van der Waals surface area contributed by atoms with Crippen LogP contribution in [0.25, 0.3) is 0 Å². The van der Waals surface area contributed by atoms with E-state index in [1.807, 2.05) is 60.7 Å². The van der Waals surface area contributed by atoms with Crippen molar-refractivity contribution >= 4 is 17.5 Å². The molecule has 2 aliphatic heterocycles. The molecule has 0 unspecified atom stereocenters. The smallest absolute Gasteiger partial charge is 0.392 e. The molecule has 2 amide bonds. The average molecular weight is 688 g/mol. The molecule has 4 atom stereocenters. The molecule has 4 aromatic carbocycles. The summed E-state index contributed by atoms with van der Waals surface area (Å²) < 4.78 is 52.4. The van der Waals surface area contributed by atoms with Crippen LogP contribution in [-0.4, -0.2) is 58.1 Å². The van der Waals surface area contributed by atoms with Crippen molar-refractivity contribution in [2.75, 3.05) is 18.4 Å². The number of aliphatic hydroxyl groups is 1. The van der Waals surface area contributed by atoms with Crippen LogP contribution >= 0.6 is 0 Å². The van der Waals surface area contributed by atoms with Crippen molar-refractivity contribution < 1.29 is 37.3 Å². The normalized spacial score (nSPS) is 20.9. The van der Waals surface area contributed by atoms with Gasteiger partial charge in [0.25, 0.3) is 0 Å². The number of anilines is 1. The van der Waals surface area contributed by atoms with E-state index >= 15 is 0 Å². The number of amides is 2. The molecule has 0 aromatic heterocycles. The number of hydrogen-bond acceptors (Lipinski definition) is 6. The SMILES string of the molecule is O=C(Nc1ccc([C@@H]2O[C@H](CN(Cc3ccccc3)Cc3ccccc3)C[C@H](c3ccc(CO)cc3)O2)cc1)[C@@H]1CCCN1C(=O)C(F)(F)F. The summed E-state index contributed by atoms with van der Waals surface area (Å²) in [7, 11) is 0. The molecular weight excluding hydrogens is 647 g/mol. The Bertz CT molecular complexity index is 1660. The summed E-state index contributed by atoms with van der Waals surface area (Å²) >= 11 is 0. The summed E-state index contributed by atoms with van der Waals surface area (Å²) in [5, 5.41) is 12.2. The van der Waals surface area contributed by atoms with Crippen molar-refractivity contribution in [1.82, 2.24) is 9.80 Å². The number of ether oxygens (including phenoxy) is 2. The maximum Gasteiger partial charge on any atom is 0.471 e. The van der Waals surface area contributed by atoms with E-state index in [0.29, 0.717) is 35.5 Å². The Hall–Kier alpha value is -4.55. The zero-order valence-corrected chi connectivity index (χ0v) is 27.5. The number of rotatable bonds is 11. The van der Waals surface area contributed by atoms with Crippen molar-refractivity contribution in [3.05, 3.63) is 137 Å². The highest BCUT2D eigenvalue weighted by Crippen LogP contribution is 2.39. The Kier molecular flexibility index (Phi) is 11.3. The molecule has 50 heavy (non-hydrogen) atoms. The summed E-state index contributed by atoms with van der Waals surface area (Å²) in [6.45, 7) is 1.88. The van der Waals surface area contributed by atoms with Crippen LogP contribution in [0.3, 0.4) is 0 Å². The lowest BCUT2D eigenvalue weighted by atomic mass is 9.99. The number of hydrogen-bond donors (Lipinski definition) is 2. The summed E-state index contributed by atoms with van der Waals surface area (Å²) in [6, 6.07) is 33.8. The summed E-state index contributed by atoms with van der Waals surface area (Å²) in [5.74, 6) is -2.67. The molecule has 0 spiro atoms. The zero-order valence-electron chi connectivity index (χ0n) is 27.5. The number of likely N-dealkylation sites (tertiary alicyclic amines) is 1. The van der Waals surface area contributed by atoms with Gasteiger partial charge >= 0.3 is 12.1 Å². The van der Waals surface area contributed by atoms with Crippen molar-refractivity contribution in [2.45, 2.75) is 69.7 Å². The van der Waals surface area contributed by atoms with Gasteiger partial charge in [-0.25, -0.2) is 0 Å². The number of nitrogens with one attached hydrogen (secondary N) is 1. The molecule has 262 valence electrons. The third-order valence-corrected chi connectivity index (χ3v) is 9.08. The maximum absolute atomic E-state index is 13.1. The van der Waals surface area contributed by atoms with Gasteiger partial charge in [0.1, 0.15) is 6.04 Å². The van der Waals surface area contributed by atoms with E-state index < -0.39 is 30.3 Å². The van der Waals surface area contributed by atoms with Crippen LogP contribution in [0.4, 0.5) is 18.9 Å². The standard InChI is InChI=1S/C39H40F3N3O5/c40-39(41,42)38(48)45-21-7-12-34(45)36(47)43-32-19-17-31(18-20-32)37-49-33(22-35(50-37)30-15-13-29(26-46)14-16-30)25-44(23-27-8-3-1-4-9-27)24-28-10-5-2-6-11-28/h1-6,8-11,13-20,33-35,37,46H,7,12,21-26H2,(H,43,47)/t33-,34-,35+,37+/m0/s1. The van der Waals surface area contributed by atoms with Crippen LogP contribution in [0.1, 0.15) is 59.5 Å². The predicted octanol–water partition coefficient (Wildman–Crippen LogP) is 6.92. The first-order chi connectivity index (χ1) is 24.2. The minimum absolute atomic E-state index is 0.0611. The number of benzene rings is 4. The summed E-state index contributed by atoms with van der Waals surface area (Å²) in [4.78, 5) is 27.8. The Morgan fingerprint density at radius 2 is 1.40 bits per heavy atom. The van der Waals surface area contributed by atoms with Gasteiger partial charge in [-0.2, -0.15) is 13.2 Å². The fourth-order valence-electron chi connectivity index (χ4n) is 6.58. The Balaban J connectivity index is 1.19. The van der Waals surface area contributed by atoms with Crippen molar-refractivity contribution in [1.29, 1.82) is 0 Å². The van der Waals surface area contributed by atoms with Crippen LogP contribution in [0.15, 0.2) is 109 Å². The van der Waals surface area contributed by atoms with E-state index in [0.717, 1.165) is 24.2 Å². The molecule has 2 heterocycles. The monoisotopic (exact) mass is 687 g/mol. The van der Waals surface area contributed by atoms with Gasteiger partial charge in [-0.3, -0.25) is 14.5 Å². The van der Waals surface area contributed by atoms with E-state index in [1.54, 1.807) is 24.3 Å². The van der Waals surface area contributed by atoms with Gasteiger partial charge in [0.15, 0.2) is 6.29 Å². The lowest BCUT2D eigenvalue weighted by Crippen LogP contribution is -2.48. The minimum Gasteiger partial charge on any atom is -0.392 e. The highest BCUT2D eigenvalue weighted by atomic mass is 19.4. The Morgan fingerprint density at radius 1 is 0.800 bits per heavy atom. The van der Waals surface area contributed by atoms with Crippen LogP contribution in [0.2, 0.25) is 0 Å². The molecule has 2 fully saturated rings. The third kappa shape index (κ3) is 8.97. The molecular formula is C39H40F3N3O5. The maximum atomic E-state index is 13.1. The van der Waals surface area contributed by atoms with Crippen LogP contribution < -0.4 is 5.32 Å². The molecule has 4 aromatic rings. The molecule has 8 nitrogen and oxygen atoms in total. The summed E-state index contributed by atoms with van der Waals surface area (Å²) in [5.41, 5.74) is 5.21. The molecule has 2 N–H and O–H groups in total. The van der Waals surface area contributed by atoms with E-state index in [4.69, 9.17) is 9.47 Å². The third-order valence-electron chi connectivity index (χ3n) is 9.08. The zero-order chi connectivity index (χ0) is 35.1. The lowest BCUT2D eigenvalue weighted by Gasteiger charge is -2.38. The molecule has 0 bridgehead atoms. The molecule has 2 aliphatic rings. The molecule has 0 radical (unpaired) electrons. The molecule has 0 aliphatic carbocycles. The second-order valence-electron chi connectivity index (χ2n) is 12.8. The highest BCUT2D eigenvalue weighted by molar-refractivity contribution is 5.98. The van der Waals surface area contributed by atoms with Crippen LogP contribution in [0, 0.1) is 0 Å². The first kappa shape index (κ1) is 35.3. The average Bonchev–Trinajstić information content (AvgIpc) is 3.62. The van der Waals surface area contributed by atoms with Crippen LogP contribution in [0.5, 0.6) is 0 Å². The summed E-state index contributed by atoms with van der Waals surface area (Å²) in [6.07, 6.45) is -5.24. The highest BCUT2D eigenvalue weighted by Gasteiger charge is 2.47. The van der Waals surface area contributed by atoms with Gasteiger partial charge in [0, 0.05) is 43.9 Å². The van der Waals surface area contributed by atoms with Gasteiger partial charge in [-0.15, -0.1) is 0 Å². The number of nitrogens with zero attached hydrogens (tertiary/aromatic N) is 2. The molecule has 6 rings (SSSR count). The Labute approximate surface area is 289 Å². The molecule has 0 saturated carbocycles. The molecule has 2 saturated heterocycles. The largest absolute Gasteiger partial charge is 0.471 e. The van der Waals surface area contributed by atoms with E-state index in [-0.39, 0.29) is 31.8 Å². The quantitative estimate of drug-likeness (QED) is 0.178. The Morgan fingerprint density at radius 3 is 1.98 bits per heavy atom. The van der Waals surface area contributed by atoms with Crippen LogP contribution in [-0.2, 0) is 38.8 Å². The molecule has 11 heteroatoms. The lowest BCUT2D eigenvalue weighted by molar-refractivity contribution is -0.253. The fraction of sp³-hybridized carbons (Fsp3) is 0.333. The number of carbonyl (C=O) groups excluding carboxylic acids is 2. The number of alkyl halides is 3. The van der Waals surface area contributed by atoms with Gasteiger partial charge in [0.2, 0.25) is 5.91 Å². The number of aliphatic hydroxyl groups excluding tert-OH is 1. The number of carbonyl (C=O) groups is 2. The topological polar surface area (TPSA) is 91.3 Å². The second-order valence-corrected chi connectivity index (χ2v) is 12.8. The minimum atomic E-state index is -5.04. The van der Waals surface area contributed by atoms with E-state index in [9.17, 15) is 27.9 Å². The van der Waals surface area contributed by atoms with Crippen molar-refractivity contribution in [2.24, 2.45) is 0 Å². The van der Waals surface area contributed by atoms with Crippen molar-refractivity contribution in [3.63, 3.8) is 0 Å². The van der Waals surface area contributed by atoms with E-state index in [1.165, 1.54) is 11.1 Å². The first-order valence-electron chi connectivity index (χ1n) is 16.8. The van der Waals surface area contributed by atoms with Gasteiger partial charge in [0.05, 0.1) is 18.8 Å².